The van der Waals surface area contributed by atoms with E-state index < -0.39 is 6.10 Å². The van der Waals surface area contributed by atoms with Crippen LogP contribution in [0.15, 0.2) is 24.3 Å². The molecule has 1 aromatic rings. The Labute approximate surface area is 132 Å². The molecule has 0 bridgehead atoms. The lowest BCUT2D eigenvalue weighted by Gasteiger charge is -2.26. The van der Waals surface area contributed by atoms with Crippen LogP contribution in [-0.2, 0) is 11.2 Å². The second-order valence-corrected chi connectivity index (χ2v) is 6.02. The molecule has 1 saturated carbocycles. The molecule has 1 atom stereocenters. The van der Waals surface area contributed by atoms with Crippen molar-refractivity contribution in [1.82, 2.24) is 5.32 Å². The minimum absolute atomic E-state index is 0.0426. The topological polar surface area (TPSA) is 58.6 Å². The highest BCUT2D eigenvalue weighted by atomic mass is 16.5. The number of hydrogen-bond donors (Lipinski definition) is 2. The van der Waals surface area contributed by atoms with Crippen LogP contribution in [0.2, 0.25) is 0 Å². The van der Waals surface area contributed by atoms with Crippen molar-refractivity contribution in [3.05, 3.63) is 29.8 Å². The molecule has 1 aliphatic carbocycles. The highest BCUT2D eigenvalue weighted by molar-refractivity contribution is 5.78. The Balaban J connectivity index is 1.72. The van der Waals surface area contributed by atoms with Crippen LogP contribution in [0.5, 0.6) is 5.75 Å². The minimum atomic E-state index is -0.412. The number of hydrogen-bond acceptors (Lipinski definition) is 3. The minimum Gasteiger partial charge on any atom is -0.494 e. The van der Waals surface area contributed by atoms with Crippen molar-refractivity contribution < 1.29 is 14.6 Å². The van der Waals surface area contributed by atoms with Crippen molar-refractivity contribution in [3.63, 3.8) is 0 Å². The van der Waals surface area contributed by atoms with Crippen molar-refractivity contribution in [3.8, 4) is 5.75 Å². The van der Waals surface area contributed by atoms with E-state index >= 15 is 0 Å². The van der Waals surface area contributed by atoms with Gasteiger partial charge in [-0.1, -0.05) is 31.4 Å². The fraction of sp³-hybridized carbons (Fsp3) is 0.611. The molecule has 2 N–H and O–H groups in total. The molecule has 22 heavy (non-hydrogen) atoms. The largest absolute Gasteiger partial charge is 0.494 e. The van der Waals surface area contributed by atoms with Crippen molar-refractivity contribution >= 4 is 5.91 Å². The van der Waals surface area contributed by atoms with Crippen molar-refractivity contribution in [2.45, 2.75) is 51.6 Å². The molecule has 2 rings (SSSR count). The molecule has 1 fully saturated rings. The molecule has 0 saturated heterocycles. The second kappa shape index (κ2) is 8.79. The number of aliphatic hydroxyl groups excluding tert-OH is 1. The Kier molecular flexibility index (Phi) is 6.72. The third-order valence-electron chi connectivity index (χ3n) is 4.30. The first-order valence-electron chi connectivity index (χ1n) is 8.35. The fourth-order valence-electron chi connectivity index (χ4n) is 3.02. The zero-order valence-electron chi connectivity index (χ0n) is 13.4. The van der Waals surface area contributed by atoms with E-state index in [-0.39, 0.29) is 5.91 Å². The molecule has 1 unspecified atom stereocenters. The summed E-state index contributed by atoms with van der Waals surface area (Å²) in [5.41, 5.74) is 0.952. The van der Waals surface area contributed by atoms with Crippen LogP contribution < -0.4 is 10.1 Å². The highest BCUT2D eigenvalue weighted by Gasteiger charge is 2.21. The van der Waals surface area contributed by atoms with Gasteiger partial charge in [0.1, 0.15) is 5.75 Å². The number of amides is 1. The summed E-state index contributed by atoms with van der Waals surface area (Å²) in [4.78, 5) is 12.0. The van der Waals surface area contributed by atoms with Crippen LogP contribution >= 0.6 is 0 Å². The van der Waals surface area contributed by atoms with Crippen LogP contribution in [-0.4, -0.2) is 30.3 Å². The number of rotatable bonds is 7. The predicted molar refractivity (Wildman–Crippen MR) is 86.9 cm³/mol. The van der Waals surface area contributed by atoms with Crippen molar-refractivity contribution in [1.29, 1.82) is 0 Å². The molecular weight excluding hydrogens is 278 g/mol. The van der Waals surface area contributed by atoms with Gasteiger partial charge in [-0.2, -0.15) is 0 Å². The Hall–Kier alpha value is -1.55. The number of nitrogens with one attached hydrogen (secondary N) is 1. The van der Waals surface area contributed by atoms with E-state index in [9.17, 15) is 9.90 Å². The third-order valence-corrected chi connectivity index (χ3v) is 4.30. The van der Waals surface area contributed by atoms with Gasteiger partial charge in [0.2, 0.25) is 5.91 Å². The smallest absolute Gasteiger partial charge is 0.224 e. The molecule has 0 radical (unpaired) electrons. The maximum absolute atomic E-state index is 12.0. The van der Waals surface area contributed by atoms with E-state index in [0.717, 1.165) is 24.2 Å². The van der Waals surface area contributed by atoms with E-state index in [0.29, 0.717) is 25.5 Å². The van der Waals surface area contributed by atoms with Gasteiger partial charge in [-0.25, -0.2) is 0 Å². The Morgan fingerprint density at radius 2 is 1.95 bits per heavy atom. The summed E-state index contributed by atoms with van der Waals surface area (Å²) >= 11 is 0. The van der Waals surface area contributed by atoms with Gasteiger partial charge >= 0.3 is 0 Å². The van der Waals surface area contributed by atoms with Gasteiger partial charge in [-0.05, 0) is 43.4 Å². The summed E-state index contributed by atoms with van der Waals surface area (Å²) in [5, 5.41) is 13.0. The van der Waals surface area contributed by atoms with Crippen LogP contribution in [0.4, 0.5) is 0 Å². The van der Waals surface area contributed by atoms with Gasteiger partial charge in [0.25, 0.3) is 0 Å². The summed E-state index contributed by atoms with van der Waals surface area (Å²) in [5.74, 6) is 1.12. The van der Waals surface area contributed by atoms with Crippen LogP contribution in [0.3, 0.4) is 0 Å². The molecule has 1 aliphatic rings. The van der Waals surface area contributed by atoms with Gasteiger partial charge in [-0.15, -0.1) is 0 Å². The first kappa shape index (κ1) is 16.8. The van der Waals surface area contributed by atoms with Gasteiger partial charge in [0.05, 0.1) is 19.1 Å². The van der Waals surface area contributed by atoms with E-state index in [1.165, 1.54) is 19.3 Å². The first-order valence-corrected chi connectivity index (χ1v) is 8.35. The summed E-state index contributed by atoms with van der Waals surface area (Å²) < 4.78 is 5.38. The lowest BCUT2D eigenvalue weighted by Crippen LogP contribution is -2.37. The molecule has 4 heteroatoms. The van der Waals surface area contributed by atoms with Crippen LogP contribution in [0.25, 0.3) is 0 Å². The van der Waals surface area contributed by atoms with Crippen LogP contribution in [0, 0.1) is 5.92 Å². The number of ether oxygens (including phenoxy) is 1. The molecule has 0 heterocycles. The number of benzene rings is 1. The lowest BCUT2D eigenvalue weighted by molar-refractivity contribution is -0.121. The Morgan fingerprint density at radius 1 is 1.27 bits per heavy atom. The molecule has 0 aliphatic heterocycles. The van der Waals surface area contributed by atoms with Gasteiger partial charge in [-0.3, -0.25) is 4.79 Å². The SMILES string of the molecule is CCOc1ccc(CC(=O)NCC(O)C2CCCCC2)cc1. The Morgan fingerprint density at radius 3 is 2.59 bits per heavy atom. The normalized spacial score (nSPS) is 17.0. The molecule has 1 amide bonds. The zero-order valence-corrected chi connectivity index (χ0v) is 13.4. The molecule has 4 nitrogen and oxygen atoms in total. The summed E-state index contributed by atoms with van der Waals surface area (Å²) in [6.45, 7) is 2.94. The van der Waals surface area contributed by atoms with Gasteiger partial charge in [0.15, 0.2) is 0 Å². The maximum Gasteiger partial charge on any atom is 0.224 e. The zero-order chi connectivity index (χ0) is 15.8. The molecule has 0 aromatic heterocycles. The third kappa shape index (κ3) is 5.34. The maximum atomic E-state index is 12.0. The average Bonchev–Trinajstić information content (AvgIpc) is 2.55. The Bertz CT molecular complexity index is 452. The van der Waals surface area contributed by atoms with Crippen molar-refractivity contribution in [2.75, 3.05) is 13.2 Å². The molecule has 0 spiro atoms. The predicted octanol–water partition coefficient (Wildman–Crippen LogP) is 2.69. The van der Waals surface area contributed by atoms with E-state index in [1.54, 1.807) is 0 Å². The van der Waals surface area contributed by atoms with E-state index in [1.807, 2.05) is 31.2 Å². The second-order valence-electron chi connectivity index (χ2n) is 6.02. The molecule has 122 valence electrons. The van der Waals surface area contributed by atoms with E-state index in [2.05, 4.69) is 5.32 Å². The quantitative estimate of drug-likeness (QED) is 0.814. The first-order chi connectivity index (χ1) is 10.7. The van der Waals surface area contributed by atoms with Crippen molar-refractivity contribution in [2.24, 2.45) is 5.92 Å². The van der Waals surface area contributed by atoms with E-state index in [4.69, 9.17) is 4.74 Å². The summed E-state index contributed by atoms with van der Waals surface area (Å²) in [6, 6.07) is 7.57. The number of carbonyl (C=O) groups is 1. The lowest BCUT2D eigenvalue weighted by atomic mass is 9.85. The standard InChI is InChI=1S/C18H27NO3/c1-2-22-16-10-8-14(9-11-16)12-18(21)19-13-17(20)15-6-4-3-5-7-15/h8-11,15,17,20H,2-7,12-13H2,1H3,(H,19,21). The van der Waals surface area contributed by atoms with Crippen LogP contribution in [0.1, 0.15) is 44.6 Å². The summed E-state index contributed by atoms with van der Waals surface area (Å²) in [6.07, 6.45) is 5.75. The molecular formula is C18H27NO3. The highest BCUT2D eigenvalue weighted by Crippen LogP contribution is 2.26. The average molecular weight is 305 g/mol. The number of aliphatic hydroxyl groups is 1. The molecule has 1 aromatic carbocycles. The monoisotopic (exact) mass is 305 g/mol. The van der Waals surface area contributed by atoms with Gasteiger partial charge in [0, 0.05) is 6.54 Å². The number of carbonyl (C=O) groups excluding carboxylic acids is 1. The van der Waals surface area contributed by atoms with Gasteiger partial charge < -0.3 is 15.2 Å². The fourth-order valence-corrected chi connectivity index (χ4v) is 3.02. The summed E-state index contributed by atoms with van der Waals surface area (Å²) in [7, 11) is 0.